The molecule has 194 valence electrons. The number of rotatable bonds is 5. The number of benzene rings is 3. The quantitative estimate of drug-likeness (QED) is 0.254. The number of nitrogens with two attached hydrogens (primary N) is 1. The number of aliphatic hydroxyl groups is 1. The minimum Gasteiger partial charge on any atom is -0.394 e. The second kappa shape index (κ2) is 14.0. The van der Waals surface area contributed by atoms with E-state index < -0.39 is 14.6 Å². The van der Waals surface area contributed by atoms with Crippen LogP contribution in [0.1, 0.15) is 50.8 Å². The van der Waals surface area contributed by atoms with Crippen molar-refractivity contribution < 1.29 is 18.9 Å². The molecule has 4 rings (SSSR count). The molecule has 0 amide bonds. The largest absolute Gasteiger partial charge is 0.394 e. The summed E-state index contributed by atoms with van der Waals surface area (Å²) in [5, 5.41) is 23.8. The van der Waals surface area contributed by atoms with Gasteiger partial charge >= 0.3 is 0 Å². The molecule has 0 aromatic heterocycles. The van der Waals surface area contributed by atoms with Gasteiger partial charge in [0.05, 0.1) is 38.4 Å². The SMILES string of the molecule is CC(C)N1C(C)c2ccc3cc4ccccc4c(c3c2)COCCC(CO)OP1OCCC#N.CN. The lowest BCUT2D eigenvalue weighted by Crippen LogP contribution is -2.32. The van der Waals surface area contributed by atoms with Crippen LogP contribution in [0.3, 0.4) is 0 Å². The van der Waals surface area contributed by atoms with Gasteiger partial charge in [-0.1, -0.05) is 36.4 Å². The van der Waals surface area contributed by atoms with Gasteiger partial charge in [-0.05, 0) is 79.0 Å². The Hall–Kier alpha value is -2.14. The molecule has 3 aromatic rings. The topological polar surface area (TPSA) is 101 Å². The molecular weight excluding hydrogens is 473 g/mol. The molecule has 0 fully saturated rings. The summed E-state index contributed by atoms with van der Waals surface area (Å²) in [5.41, 5.74) is 6.85. The van der Waals surface area contributed by atoms with Crippen molar-refractivity contribution in [2.45, 2.75) is 58.4 Å². The van der Waals surface area contributed by atoms with Gasteiger partial charge in [-0.2, -0.15) is 5.26 Å². The van der Waals surface area contributed by atoms with Crippen molar-refractivity contribution in [2.75, 3.05) is 26.9 Å². The molecule has 3 unspecified atom stereocenters. The Kier molecular flexibility index (Phi) is 11.0. The summed E-state index contributed by atoms with van der Waals surface area (Å²) in [6, 6.07) is 19.6. The number of hydrogen-bond donors (Lipinski definition) is 2. The Bertz CT molecular complexity index is 1170. The van der Waals surface area contributed by atoms with Gasteiger partial charge < -0.3 is 24.6 Å². The lowest BCUT2D eigenvalue weighted by molar-refractivity contribution is 0.0440. The lowest BCUT2D eigenvalue weighted by Gasteiger charge is -2.38. The summed E-state index contributed by atoms with van der Waals surface area (Å²) in [4.78, 5) is 0. The van der Waals surface area contributed by atoms with Crippen molar-refractivity contribution in [3.8, 4) is 6.07 Å². The second-order valence-corrected chi connectivity index (χ2v) is 10.3. The molecule has 3 N–H and O–H groups in total. The summed E-state index contributed by atoms with van der Waals surface area (Å²) in [6.07, 6.45) is 0.447. The van der Waals surface area contributed by atoms with Crippen LogP contribution in [0, 0.1) is 11.3 Å². The Morgan fingerprint density at radius 1 is 1.17 bits per heavy atom. The lowest BCUT2D eigenvalue weighted by atomic mass is 9.94. The molecule has 8 heteroatoms. The smallest absolute Gasteiger partial charge is 0.259 e. The average molecular weight is 512 g/mol. The van der Waals surface area contributed by atoms with Crippen LogP contribution in [0.15, 0.2) is 48.5 Å². The number of nitrogens with zero attached hydrogens (tertiary/aromatic N) is 2. The molecule has 1 heterocycles. The molecule has 0 aliphatic carbocycles. The summed E-state index contributed by atoms with van der Waals surface area (Å²) >= 11 is 0. The van der Waals surface area contributed by atoms with Crippen molar-refractivity contribution >= 4 is 30.1 Å². The molecule has 0 saturated carbocycles. The van der Waals surface area contributed by atoms with Crippen LogP contribution in [0.25, 0.3) is 21.5 Å². The molecule has 0 saturated heterocycles. The first kappa shape index (κ1) is 28.4. The number of ether oxygens (including phenoxy) is 1. The van der Waals surface area contributed by atoms with Crippen molar-refractivity contribution in [1.82, 2.24) is 4.67 Å². The first-order valence-electron chi connectivity index (χ1n) is 12.5. The van der Waals surface area contributed by atoms with E-state index in [-0.39, 0.29) is 18.7 Å². The Labute approximate surface area is 215 Å². The average Bonchev–Trinajstić information content (AvgIpc) is 2.90. The van der Waals surface area contributed by atoms with Crippen molar-refractivity contribution in [2.24, 2.45) is 5.73 Å². The maximum absolute atomic E-state index is 10.0. The molecule has 1 aliphatic rings. The molecule has 0 spiro atoms. The van der Waals surface area contributed by atoms with Gasteiger partial charge in [-0.15, -0.1) is 0 Å². The highest BCUT2D eigenvalue weighted by atomic mass is 31.2. The normalized spacial score (nSPS) is 21.3. The summed E-state index contributed by atoms with van der Waals surface area (Å²) < 4.78 is 20.8. The van der Waals surface area contributed by atoms with Crippen LogP contribution in [-0.4, -0.2) is 48.8 Å². The zero-order chi connectivity index (χ0) is 26.1. The number of nitriles is 1. The van der Waals surface area contributed by atoms with E-state index >= 15 is 0 Å². The summed E-state index contributed by atoms with van der Waals surface area (Å²) in [5.74, 6) is 0. The van der Waals surface area contributed by atoms with Gasteiger partial charge in [0.1, 0.15) is 0 Å². The van der Waals surface area contributed by atoms with Crippen LogP contribution in [-0.2, 0) is 20.4 Å². The van der Waals surface area contributed by atoms with Gasteiger partial charge in [0.15, 0.2) is 0 Å². The molecule has 7 nitrogen and oxygen atoms in total. The van der Waals surface area contributed by atoms with E-state index in [1.807, 2.05) is 0 Å². The van der Waals surface area contributed by atoms with E-state index in [1.165, 1.54) is 34.2 Å². The fourth-order valence-electron chi connectivity index (χ4n) is 4.53. The van der Waals surface area contributed by atoms with E-state index in [9.17, 15) is 5.11 Å². The van der Waals surface area contributed by atoms with Gasteiger partial charge in [0, 0.05) is 18.7 Å². The highest BCUT2D eigenvalue weighted by Crippen LogP contribution is 2.51. The van der Waals surface area contributed by atoms with E-state index in [2.05, 4.69) is 85.8 Å². The number of fused-ring (bicyclic) bond motifs is 3. The highest BCUT2D eigenvalue weighted by molar-refractivity contribution is 7.44. The second-order valence-electron chi connectivity index (χ2n) is 8.94. The van der Waals surface area contributed by atoms with Crippen LogP contribution >= 0.6 is 8.53 Å². The van der Waals surface area contributed by atoms with E-state index in [0.717, 1.165) is 5.56 Å². The van der Waals surface area contributed by atoms with Gasteiger partial charge in [-0.25, -0.2) is 4.67 Å². The third kappa shape index (κ3) is 6.59. The number of hydrogen-bond acceptors (Lipinski definition) is 7. The predicted octanol–water partition coefficient (Wildman–Crippen LogP) is 5.79. The maximum Gasteiger partial charge on any atom is 0.259 e. The maximum atomic E-state index is 10.0. The monoisotopic (exact) mass is 511 g/mol. The van der Waals surface area contributed by atoms with Crippen LogP contribution < -0.4 is 5.73 Å². The summed E-state index contributed by atoms with van der Waals surface area (Å²) in [7, 11) is 0.0123. The van der Waals surface area contributed by atoms with Crippen LogP contribution in [0.4, 0.5) is 0 Å². The molecule has 3 aromatic carbocycles. The fraction of sp³-hybridized carbons (Fsp3) is 0.464. The van der Waals surface area contributed by atoms with Gasteiger partial charge in [-0.3, -0.25) is 0 Å². The third-order valence-electron chi connectivity index (χ3n) is 6.29. The molecule has 0 radical (unpaired) electrons. The predicted molar refractivity (Wildman–Crippen MR) is 146 cm³/mol. The van der Waals surface area contributed by atoms with Crippen LogP contribution in [0.2, 0.25) is 0 Å². The van der Waals surface area contributed by atoms with E-state index in [4.69, 9.17) is 19.0 Å². The minimum atomic E-state index is -1.49. The van der Waals surface area contributed by atoms with E-state index in [1.54, 1.807) is 0 Å². The first-order chi connectivity index (χ1) is 17.5. The molecule has 2 bridgehead atoms. The molecule has 36 heavy (non-hydrogen) atoms. The third-order valence-corrected chi connectivity index (χ3v) is 8.35. The zero-order valence-electron chi connectivity index (χ0n) is 21.7. The molecular formula is C28H38N3O4P. The number of aliphatic hydroxyl groups excluding tert-OH is 1. The first-order valence-corrected chi connectivity index (χ1v) is 13.6. The van der Waals surface area contributed by atoms with Crippen molar-refractivity contribution in [1.29, 1.82) is 5.26 Å². The van der Waals surface area contributed by atoms with Gasteiger partial charge in [0.2, 0.25) is 0 Å². The summed E-state index contributed by atoms with van der Waals surface area (Å²) in [6.45, 7) is 7.55. The van der Waals surface area contributed by atoms with Crippen LogP contribution in [0.5, 0.6) is 0 Å². The van der Waals surface area contributed by atoms with Crippen molar-refractivity contribution in [3.05, 3.63) is 59.7 Å². The Morgan fingerprint density at radius 3 is 2.64 bits per heavy atom. The fourth-order valence-corrected chi connectivity index (χ4v) is 6.30. The Morgan fingerprint density at radius 2 is 1.92 bits per heavy atom. The molecule has 3 atom stereocenters. The van der Waals surface area contributed by atoms with Crippen molar-refractivity contribution in [3.63, 3.8) is 0 Å². The minimum absolute atomic E-state index is 0.0120. The molecule has 1 aliphatic heterocycles. The van der Waals surface area contributed by atoms with Gasteiger partial charge in [0.25, 0.3) is 8.53 Å². The standard InChI is InChI=1S/C27H33N2O4P.CH5N/c1-19(2)29-20(3)21-9-10-23-15-22-7-4-5-8-25(22)27(26(23)16-21)18-31-14-11-24(17-30)33-34(29)32-13-6-12-28;1-2/h4-5,7-10,15-16,19-20,24,30H,6,11,13-14,17-18H2,1-3H3;2H2,1H3. The highest BCUT2D eigenvalue weighted by Gasteiger charge is 2.32. The van der Waals surface area contributed by atoms with E-state index in [0.29, 0.717) is 32.7 Å². The zero-order valence-corrected chi connectivity index (χ0v) is 22.6. The Balaban J connectivity index is 0.00000176.